The van der Waals surface area contributed by atoms with E-state index in [2.05, 4.69) is 5.32 Å². The summed E-state index contributed by atoms with van der Waals surface area (Å²) < 4.78 is 25.4. The molecule has 3 aromatic carbocycles. The Morgan fingerprint density at radius 3 is 2.52 bits per heavy atom. The summed E-state index contributed by atoms with van der Waals surface area (Å²) in [7, 11) is 0. The van der Waals surface area contributed by atoms with E-state index in [4.69, 9.17) is 21.1 Å². The fraction of sp³-hybridized carbons (Fsp3) is 0.208. The highest BCUT2D eigenvalue weighted by Crippen LogP contribution is 2.35. The van der Waals surface area contributed by atoms with E-state index < -0.39 is 5.97 Å². The lowest BCUT2D eigenvalue weighted by molar-refractivity contribution is 0.0696. The molecule has 0 saturated carbocycles. The molecular weight excluding hydrogens is 421 g/mol. The molecule has 2 N–H and O–H groups in total. The van der Waals surface area contributed by atoms with Gasteiger partial charge in [-0.25, -0.2) is 9.18 Å². The Balaban J connectivity index is 1.79. The van der Waals surface area contributed by atoms with Gasteiger partial charge in [0.25, 0.3) is 0 Å². The van der Waals surface area contributed by atoms with Crippen LogP contribution in [0.25, 0.3) is 0 Å². The number of carboxylic acid groups (broad SMARTS) is 1. The number of carbonyl (C=O) groups is 1. The van der Waals surface area contributed by atoms with Gasteiger partial charge < -0.3 is 19.9 Å². The highest BCUT2D eigenvalue weighted by Gasteiger charge is 2.14. The number of nitrogens with one attached hydrogen (secondary N) is 1. The molecule has 31 heavy (non-hydrogen) atoms. The maximum absolute atomic E-state index is 13.9. The number of benzene rings is 3. The van der Waals surface area contributed by atoms with E-state index >= 15 is 0 Å². The highest BCUT2D eigenvalue weighted by molar-refractivity contribution is 6.31. The predicted octanol–water partition coefficient (Wildman–Crippen LogP) is 6.08. The molecule has 7 heteroatoms. The lowest BCUT2D eigenvalue weighted by Gasteiger charge is -2.17. The van der Waals surface area contributed by atoms with Crippen molar-refractivity contribution >= 4 is 23.3 Å². The van der Waals surface area contributed by atoms with Crippen molar-refractivity contribution in [2.45, 2.75) is 27.0 Å². The van der Waals surface area contributed by atoms with Crippen molar-refractivity contribution in [2.75, 3.05) is 11.9 Å². The van der Waals surface area contributed by atoms with E-state index in [1.165, 1.54) is 6.07 Å². The van der Waals surface area contributed by atoms with E-state index in [9.17, 15) is 14.3 Å². The summed E-state index contributed by atoms with van der Waals surface area (Å²) >= 11 is 6.46. The lowest BCUT2D eigenvalue weighted by Crippen LogP contribution is -2.07. The van der Waals surface area contributed by atoms with Crippen LogP contribution in [0.15, 0.2) is 54.6 Å². The summed E-state index contributed by atoms with van der Waals surface area (Å²) in [4.78, 5) is 11.3. The number of rotatable bonds is 9. The highest BCUT2D eigenvalue weighted by atomic mass is 35.5. The van der Waals surface area contributed by atoms with E-state index in [-0.39, 0.29) is 18.0 Å². The molecule has 0 atom stereocenters. The molecule has 0 aliphatic heterocycles. The van der Waals surface area contributed by atoms with Gasteiger partial charge in [-0.15, -0.1) is 0 Å². The Morgan fingerprint density at radius 1 is 1.06 bits per heavy atom. The van der Waals surface area contributed by atoms with Gasteiger partial charge >= 0.3 is 5.97 Å². The maximum Gasteiger partial charge on any atom is 0.336 e. The summed E-state index contributed by atoms with van der Waals surface area (Å²) in [6.45, 7) is 4.43. The van der Waals surface area contributed by atoms with Gasteiger partial charge in [0.05, 0.1) is 12.2 Å². The largest absolute Gasteiger partial charge is 0.490 e. The van der Waals surface area contributed by atoms with Crippen LogP contribution in [0.4, 0.5) is 10.1 Å². The minimum Gasteiger partial charge on any atom is -0.490 e. The standard InChI is InChI=1S/C24H23ClFNO4/c1-3-30-22-11-17(13-27-21-10-6-8-18(15(21)2)24(28)29)19(25)12-23(22)31-14-16-7-4-5-9-20(16)26/h4-12,27H,3,13-14H2,1-2H3,(H,28,29). The van der Waals surface area contributed by atoms with Crippen LogP contribution in [-0.2, 0) is 13.2 Å². The summed E-state index contributed by atoms with van der Waals surface area (Å²) in [6.07, 6.45) is 0. The quantitative estimate of drug-likeness (QED) is 0.419. The Kier molecular flexibility index (Phi) is 7.36. The van der Waals surface area contributed by atoms with Crippen LogP contribution in [0.5, 0.6) is 11.5 Å². The number of anilines is 1. The average Bonchev–Trinajstić information content (AvgIpc) is 2.74. The number of hydrogen-bond acceptors (Lipinski definition) is 4. The van der Waals surface area contributed by atoms with E-state index in [1.807, 2.05) is 13.0 Å². The third-order valence-electron chi connectivity index (χ3n) is 4.79. The van der Waals surface area contributed by atoms with Crippen molar-refractivity contribution in [3.05, 3.63) is 87.7 Å². The zero-order valence-corrected chi connectivity index (χ0v) is 18.0. The van der Waals surface area contributed by atoms with Crippen LogP contribution in [0, 0.1) is 12.7 Å². The van der Waals surface area contributed by atoms with E-state index in [1.54, 1.807) is 49.4 Å². The molecule has 162 valence electrons. The summed E-state index contributed by atoms with van der Waals surface area (Å²) in [5.41, 5.74) is 2.77. The van der Waals surface area contributed by atoms with Crippen molar-refractivity contribution < 1.29 is 23.8 Å². The van der Waals surface area contributed by atoms with Crippen molar-refractivity contribution in [1.29, 1.82) is 0 Å². The normalized spacial score (nSPS) is 10.6. The van der Waals surface area contributed by atoms with Crippen LogP contribution >= 0.6 is 11.6 Å². The number of hydrogen-bond donors (Lipinski definition) is 2. The van der Waals surface area contributed by atoms with Gasteiger partial charge in [0.1, 0.15) is 12.4 Å². The zero-order valence-electron chi connectivity index (χ0n) is 17.2. The Labute approximate surface area is 185 Å². The van der Waals surface area contributed by atoms with E-state index in [0.717, 1.165) is 5.56 Å². The van der Waals surface area contributed by atoms with Crippen LogP contribution in [-0.4, -0.2) is 17.7 Å². The second kappa shape index (κ2) is 10.2. The molecule has 0 aliphatic rings. The first-order chi connectivity index (χ1) is 14.9. The van der Waals surface area contributed by atoms with Gasteiger partial charge in [0, 0.05) is 28.9 Å². The second-order valence-corrected chi connectivity index (χ2v) is 7.25. The minimum absolute atomic E-state index is 0.0435. The molecule has 0 amide bonds. The van der Waals surface area contributed by atoms with Crippen LogP contribution in [0.2, 0.25) is 5.02 Å². The Hall–Kier alpha value is -3.25. The molecule has 0 bridgehead atoms. The Morgan fingerprint density at radius 2 is 1.81 bits per heavy atom. The molecule has 0 heterocycles. The average molecular weight is 444 g/mol. The number of carboxylic acids is 1. The third kappa shape index (κ3) is 5.47. The van der Waals surface area contributed by atoms with Crippen LogP contribution in [0.3, 0.4) is 0 Å². The van der Waals surface area contributed by atoms with Gasteiger partial charge in [-0.3, -0.25) is 0 Å². The smallest absolute Gasteiger partial charge is 0.336 e. The van der Waals surface area contributed by atoms with Crippen molar-refractivity contribution in [3.63, 3.8) is 0 Å². The fourth-order valence-corrected chi connectivity index (χ4v) is 3.33. The molecular formula is C24H23ClFNO4. The molecule has 3 rings (SSSR count). The minimum atomic E-state index is -0.978. The van der Waals surface area contributed by atoms with Gasteiger partial charge in [-0.05, 0) is 49.2 Å². The first-order valence-corrected chi connectivity index (χ1v) is 10.2. The Bertz CT molecular complexity index is 1090. The van der Waals surface area contributed by atoms with Gasteiger partial charge in [-0.2, -0.15) is 0 Å². The summed E-state index contributed by atoms with van der Waals surface area (Å²) in [5, 5.41) is 13.0. The fourth-order valence-electron chi connectivity index (χ4n) is 3.11. The first-order valence-electron chi connectivity index (χ1n) is 9.79. The number of ether oxygens (including phenoxy) is 2. The first kappa shape index (κ1) is 22.4. The number of aromatic carboxylic acids is 1. The van der Waals surface area contributed by atoms with E-state index in [0.29, 0.717) is 46.5 Å². The molecule has 5 nitrogen and oxygen atoms in total. The topological polar surface area (TPSA) is 67.8 Å². The van der Waals surface area contributed by atoms with Gasteiger partial charge in [-0.1, -0.05) is 35.9 Å². The lowest BCUT2D eigenvalue weighted by atomic mass is 10.1. The predicted molar refractivity (Wildman–Crippen MR) is 119 cm³/mol. The molecule has 0 unspecified atom stereocenters. The monoisotopic (exact) mass is 443 g/mol. The number of halogens is 2. The molecule has 3 aromatic rings. The molecule has 0 radical (unpaired) electrons. The van der Waals surface area contributed by atoms with Crippen molar-refractivity contribution in [2.24, 2.45) is 0 Å². The van der Waals surface area contributed by atoms with Crippen LogP contribution < -0.4 is 14.8 Å². The van der Waals surface area contributed by atoms with Crippen LogP contribution in [0.1, 0.15) is 34.0 Å². The third-order valence-corrected chi connectivity index (χ3v) is 5.14. The van der Waals surface area contributed by atoms with Gasteiger partial charge in [0.15, 0.2) is 11.5 Å². The molecule has 0 fully saturated rings. The zero-order chi connectivity index (χ0) is 22.4. The SMILES string of the molecule is CCOc1cc(CNc2cccc(C(=O)O)c2C)c(Cl)cc1OCc1ccccc1F. The van der Waals surface area contributed by atoms with Gasteiger partial charge in [0.2, 0.25) is 0 Å². The summed E-state index contributed by atoms with van der Waals surface area (Å²) in [6, 6.07) is 14.9. The van der Waals surface area contributed by atoms with Crippen molar-refractivity contribution in [1.82, 2.24) is 0 Å². The second-order valence-electron chi connectivity index (χ2n) is 6.84. The maximum atomic E-state index is 13.9. The molecule has 0 spiro atoms. The molecule has 0 aromatic heterocycles. The molecule has 0 saturated heterocycles. The van der Waals surface area contributed by atoms with Crippen molar-refractivity contribution in [3.8, 4) is 11.5 Å². The summed E-state index contributed by atoms with van der Waals surface area (Å²) in [5.74, 6) is -0.403. The molecule has 0 aliphatic carbocycles.